The molecule has 0 amide bonds. The van der Waals surface area contributed by atoms with Crippen LogP contribution in [0.15, 0.2) is 0 Å². The van der Waals surface area contributed by atoms with E-state index in [9.17, 15) is 4.79 Å². The average Bonchev–Trinajstić information content (AvgIpc) is 3.33. The number of hydrogen-bond acceptors (Lipinski definition) is 6. The van der Waals surface area contributed by atoms with Crippen LogP contribution in [0, 0.1) is 23.7 Å². The van der Waals surface area contributed by atoms with Gasteiger partial charge in [0.25, 0.3) is 0 Å². The fraction of sp³-hybridized carbons (Fsp3) is 0.833. The lowest BCUT2D eigenvalue weighted by Crippen LogP contribution is -2.35. The predicted octanol–water partition coefficient (Wildman–Crippen LogP) is 2.28. The van der Waals surface area contributed by atoms with E-state index in [4.69, 9.17) is 11.6 Å². The fourth-order valence-electron chi connectivity index (χ4n) is 6.84. The topological polar surface area (TPSA) is 49.3 Å². The lowest BCUT2D eigenvalue weighted by molar-refractivity contribution is -0.128. The zero-order chi connectivity index (χ0) is 16.7. The number of nitrogens with zero attached hydrogens (tertiary/aromatic N) is 4. The van der Waals surface area contributed by atoms with Crippen LogP contribution in [0.3, 0.4) is 0 Å². The zero-order valence-electron chi connectivity index (χ0n) is 14.2. The number of aromatic nitrogens is 2. The highest BCUT2D eigenvalue weighted by atomic mass is 35.5. The maximum absolute atomic E-state index is 11.4. The van der Waals surface area contributed by atoms with E-state index < -0.39 is 0 Å². The molecular formula is C18H23ClN4OS. The molecule has 6 aliphatic heterocycles. The quantitative estimate of drug-likeness (QED) is 0.750. The zero-order valence-corrected chi connectivity index (χ0v) is 15.8. The van der Waals surface area contributed by atoms with Crippen LogP contribution in [0.2, 0.25) is 5.15 Å². The van der Waals surface area contributed by atoms with Gasteiger partial charge >= 0.3 is 0 Å². The molecule has 1 aromatic rings. The molecule has 0 radical (unpaired) electrons. The normalized spacial score (nSPS) is 50.6. The van der Waals surface area contributed by atoms with E-state index in [0.29, 0.717) is 28.7 Å². The van der Waals surface area contributed by atoms with Crippen molar-refractivity contribution in [3.63, 3.8) is 0 Å². The maximum Gasteiger partial charge on any atom is 0.166 e. The molecular weight excluding hydrogens is 356 g/mol. The molecule has 0 aromatic carbocycles. The van der Waals surface area contributed by atoms with Crippen molar-refractivity contribution in [1.29, 1.82) is 0 Å². The molecule has 134 valence electrons. The third-order valence-corrected chi connectivity index (χ3v) is 8.67. The number of rotatable bonds is 1. The lowest BCUT2D eigenvalue weighted by atomic mass is 9.72. The van der Waals surface area contributed by atoms with Gasteiger partial charge < -0.3 is 0 Å². The smallest absolute Gasteiger partial charge is 0.166 e. The largest absolute Gasteiger partial charge is 0.300 e. The molecule has 9 rings (SSSR count). The highest BCUT2D eigenvalue weighted by Gasteiger charge is 2.53. The summed E-state index contributed by atoms with van der Waals surface area (Å²) in [4.78, 5) is 16.5. The fourth-order valence-corrected chi connectivity index (χ4v) is 7.65. The maximum atomic E-state index is 11.4. The van der Waals surface area contributed by atoms with Gasteiger partial charge in [-0.05, 0) is 37.5 Å². The first-order valence-corrected chi connectivity index (χ1v) is 10.8. The second-order valence-electron chi connectivity index (χ2n) is 8.94. The predicted molar refractivity (Wildman–Crippen MR) is 95.8 cm³/mol. The third kappa shape index (κ3) is 2.23. The summed E-state index contributed by atoms with van der Waals surface area (Å²) in [5.41, 5.74) is 1.09. The van der Waals surface area contributed by atoms with Crippen LogP contribution in [0.1, 0.15) is 37.3 Å². The molecule has 7 heteroatoms. The van der Waals surface area contributed by atoms with Crippen LogP contribution < -0.4 is 0 Å². The van der Waals surface area contributed by atoms with Gasteiger partial charge in [0.2, 0.25) is 0 Å². The standard InChI is InChI=1S/C10H12ClN3S.C8H11NO/c11-10-9(12-15-13-10)8-5-1-7-2-6(8)4-14(7)3-5;10-8-5-1-7-2-6(8)4-9(7)3-5/h5-8H,1-4H2;5-7H,1-4H2. The molecule has 0 N–H and O–H groups in total. The Morgan fingerprint density at radius 3 is 2.00 bits per heavy atom. The van der Waals surface area contributed by atoms with Crippen LogP contribution >= 0.6 is 23.3 Å². The second kappa shape index (κ2) is 5.47. The minimum atomic E-state index is 0.442. The van der Waals surface area contributed by atoms with E-state index in [1.54, 1.807) is 0 Å². The van der Waals surface area contributed by atoms with Crippen molar-refractivity contribution in [1.82, 2.24) is 18.5 Å². The molecule has 8 fully saturated rings. The number of Topliss-reactive ketones (excluding diaryl/α,β-unsaturated/α-hetero) is 1. The van der Waals surface area contributed by atoms with E-state index >= 15 is 0 Å². The first kappa shape index (κ1) is 15.5. The SMILES string of the molecule is Clc1nsnc1C1C2CC3CC1CN3C2.O=C1C2CC3CC1CN3C2. The van der Waals surface area contributed by atoms with E-state index in [0.717, 1.165) is 42.7 Å². The van der Waals surface area contributed by atoms with Gasteiger partial charge in [-0.25, -0.2) is 0 Å². The van der Waals surface area contributed by atoms with Crippen molar-refractivity contribution in [2.75, 3.05) is 26.2 Å². The van der Waals surface area contributed by atoms with Crippen LogP contribution in [-0.2, 0) is 4.79 Å². The average molecular weight is 379 g/mol. The van der Waals surface area contributed by atoms with E-state index in [1.165, 1.54) is 50.5 Å². The highest BCUT2D eigenvalue weighted by Crippen LogP contribution is 2.54. The van der Waals surface area contributed by atoms with Crippen LogP contribution in [-0.4, -0.2) is 62.6 Å². The first-order valence-electron chi connectivity index (χ1n) is 9.67. The Balaban J connectivity index is 0.000000111. The number of carbonyl (C=O) groups is 1. The van der Waals surface area contributed by atoms with Crippen molar-refractivity contribution >= 4 is 29.1 Å². The summed E-state index contributed by atoms with van der Waals surface area (Å²) in [7, 11) is 0. The van der Waals surface area contributed by atoms with E-state index in [1.807, 2.05) is 0 Å². The monoisotopic (exact) mass is 378 g/mol. The van der Waals surface area contributed by atoms with Crippen molar-refractivity contribution < 1.29 is 4.79 Å². The van der Waals surface area contributed by atoms with E-state index in [-0.39, 0.29) is 0 Å². The first-order chi connectivity index (χ1) is 12.2. The Labute approximate surface area is 157 Å². The minimum absolute atomic E-state index is 0.442. The molecule has 2 saturated carbocycles. The third-order valence-electron chi connectivity index (χ3n) is 7.75. The second-order valence-corrected chi connectivity index (χ2v) is 9.83. The van der Waals surface area contributed by atoms with Gasteiger partial charge in [0, 0.05) is 56.0 Å². The molecule has 5 nitrogen and oxygen atoms in total. The van der Waals surface area contributed by atoms with Gasteiger partial charge in [0.05, 0.1) is 17.4 Å². The van der Waals surface area contributed by atoms with Crippen molar-refractivity contribution in [2.24, 2.45) is 23.7 Å². The van der Waals surface area contributed by atoms with Gasteiger partial charge in [-0.2, -0.15) is 8.75 Å². The van der Waals surface area contributed by atoms with Gasteiger partial charge in [0.1, 0.15) is 5.78 Å². The summed E-state index contributed by atoms with van der Waals surface area (Å²) >= 11 is 7.37. The summed E-state index contributed by atoms with van der Waals surface area (Å²) in [5.74, 6) is 3.65. The van der Waals surface area contributed by atoms with Gasteiger partial charge in [-0.15, -0.1) is 0 Å². The molecule has 1 aromatic heterocycles. The molecule has 0 spiro atoms. The van der Waals surface area contributed by atoms with E-state index in [2.05, 4.69) is 18.5 Å². The number of piperidine rings is 2. The Hall–Kier alpha value is -0.560. The minimum Gasteiger partial charge on any atom is -0.300 e. The molecule has 25 heavy (non-hydrogen) atoms. The van der Waals surface area contributed by atoms with Gasteiger partial charge in [-0.1, -0.05) is 11.6 Å². The Bertz CT molecular complexity index is 664. The summed E-state index contributed by atoms with van der Waals surface area (Å²) in [6.07, 6.45) is 5.06. The van der Waals surface area contributed by atoms with Crippen molar-refractivity contribution in [3.8, 4) is 0 Å². The molecule has 6 saturated heterocycles. The highest BCUT2D eigenvalue weighted by molar-refractivity contribution is 6.99. The molecule has 4 atom stereocenters. The number of carbonyl (C=O) groups excluding carboxylic acids is 1. The molecule has 8 bridgehead atoms. The summed E-state index contributed by atoms with van der Waals surface area (Å²) in [6, 6.07) is 1.68. The number of hydrogen-bond donors (Lipinski definition) is 0. The number of ketones is 1. The van der Waals surface area contributed by atoms with Crippen LogP contribution in [0.25, 0.3) is 0 Å². The van der Waals surface area contributed by atoms with Gasteiger partial charge in [0.15, 0.2) is 5.15 Å². The molecule has 7 heterocycles. The Kier molecular flexibility index (Phi) is 3.39. The Morgan fingerprint density at radius 1 is 0.880 bits per heavy atom. The lowest BCUT2D eigenvalue weighted by Gasteiger charge is -2.33. The molecule has 8 aliphatic rings. The Morgan fingerprint density at radius 2 is 1.48 bits per heavy atom. The summed E-state index contributed by atoms with van der Waals surface area (Å²) < 4.78 is 8.52. The van der Waals surface area contributed by atoms with Crippen LogP contribution in [0.5, 0.6) is 0 Å². The molecule has 4 unspecified atom stereocenters. The van der Waals surface area contributed by atoms with Crippen molar-refractivity contribution in [3.05, 3.63) is 10.8 Å². The molecule has 2 aliphatic carbocycles. The van der Waals surface area contributed by atoms with Crippen LogP contribution in [0.4, 0.5) is 0 Å². The number of halogens is 1. The summed E-state index contributed by atoms with van der Waals surface area (Å²) in [5, 5.41) is 0.661. The van der Waals surface area contributed by atoms with Gasteiger partial charge in [-0.3, -0.25) is 14.6 Å². The van der Waals surface area contributed by atoms with Crippen molar-refractivity contribution in [2.45, 2.75) is 43.7 Å². The summed E-state index contributed by atoms with van der Waals surface area (Å²) in [6.45, 7) is 4.69.